The molecule has 0 aliphatic carbocycles. The number of hydrogen-bond donors (Lipinski definition) is 2. The summed E-state index contributed by atoms with van der Waals surface area (Å²) in [5.41, 5.74) is 5.81. The minimum atomic E-state index is -3.71. The molecule has 2 N–H and O–H groups in total. The van der Waals surface area contributed by atoms with Gasteiger partial charge < -0.3 is 5.32 Å². The highest BCUT2D eigenvalue weighted by molar-refractivity contribution is 7.92. The predicted octanol–water partition coefficient (Wildman–Crippen LogP) is 5.26. The van der Waals surface area contributed by atoms with Crippen molar-refractivity contribution in [2.75, 3.05) is 23.1 Å². The number of hydrogen-bond acceptors (Lipinski definition) is 4. The van der Waals surface area contributed by atoms with Gasteiger partial charge in [-0.3, -0.25) is 14.4 Å². The van der Waals surface area contributed by atoms with Crippen LogP contribution in [0.2, 0.25) is 0 Å². The number of aryl methyl sites for hydroxylation is 3. The van der Waals surface area contributed by atoms with E-state index in [2.05, 4.69) is 46.1 Å². The van der Waals surface area contributed by atoms with Gasteiger partial charge in [-0.15, -0.1) is 0 Å². The first-order valence-electron chi connectivity index (χ1n) is 12.0. The third-order valence-electron chi connectivity index (χ3n) is 6.64. The van der Waals surface area contributed by atoms with Crippen molar-refractivity contribution in [3.05, 3.63) is 89.0 Å². The number of benzene rings is 3. The zero-order chi connectivity index (χ0) is 25.0. The molecule has 7 heteroatoms. The van der Waals surface area contributed by atoms with E-state index in [-0.39, 0.29) is 16.7 Å². The van der Waals surface area contributed by atoms with Gasteiger partial charge in [0, 0.05) is 23.8 Å². The molecule has 0 spiro atoms. The molecule has 0 unspecified atom stereocenters. The first-order valence-corrected chi connectivity index (χ1v) is 13.5. The average molecular weight is 492 g/mol. The number of sulfonamides is 1. The topological polar surface area (TPSA) is 78.5 Å². The largest absolute Gasteiger partial charge is 0.326 e. The van der Waals surface area contributed by atoms with E-state index in [4.69, 9.17) is 0 Å². The molecule has 1 fully saturated rings. The highest BCUT2D eigenvalue weighted by atomic mass is 32.2. The molecule has 1 heterocycles. The number of piperidine rings is 1. The number of likely N-dealkylation sites (tertiary alicyclic amines) is 1. The standard InChI is InChI=1S/C28H33N3O3S/c1-20-5-4-6-23(17-20)19-31-15-13-24(14-16-31)28(32)29-25-9-11-27(12-10-25)35(33,34)30-26-8-7-21(2)22(3)18-26/h4-12,17-18,24,30H,13-16,19H2,1-3H3,(H,29,32). The lowest BCUT2D eigenvalue weighted by Gasteiger charge is -2.31. The lowest BCUT2D eigenvalue weighted by molar-refractivity contribution is -0.121. The summed E-state index contributed by atoms with van der Waals surface area (Å²) in [5, 5.41) is 2.95. The molecule has 1 aliphatic rings. The van der Waals surface area contributed by atoms with E-state index in [0.717, 1.165) is 43.6 Å². The normalized spacial score (nSPS) is 15.1. The number of carbonyl (C=O) groups excluding carboxylic acids is 1. The molecule has 3 aromatic rings. The van der Waals surface area contributed by atoms with E-state index < -0.39 is 10.0 Å². The SMILES string of the molecule is Cc1cccc(CN2CCC(C(=O)Nc3ccc(S(=O)(=O)Nc4ccc(C)c(C)c4)cc3)CC2)c1. The van der Waals surface area contributed by atoms with Crippen molar-refractivity contribution in [3.63, 3.8) is 0 Å². The van der Waals surface area contributed by atoms with Crippen molar-refractivity contribution < 1.29 is 13.2 Å². The number of rotatable bonds is 7. The lowest BCUT2D eigenvalue weighted by atomic mass is 9.95. The van der Waals surface area contributed by atoms with E-state index in [1.165, 1.54) is 23.3 Å². The maximum absolute atomic E-state index is 12.8. The fraction of sp³-hybridized carbons (Fsp3) is 0.321. The molecule has 0 aromatic heterocycles. The average Bonchev–Trinajstić information content (AvgIpc) is 2.82. The van der Waals surface area contributed by atoms with Gasteiger partial charge in [0.25, 0.3) is 10.0 Å². The number of carbonyl (C=O) groups is 1. The highest BCUT2D eigenvalue weighted by Gasteiger charge is 2.25. The Morgan fingerprint density at radius 2 is 1.57 bits per heavy atom. The zero-order valence-corrected chi connectivity index (χ0v) is 21.4. The van der Waals surface area contributed by atoms with Crippen LogP contribution in [0.15, 0.2) is 71.6 Å². The van der Waals surface area contributed by atoms with Crippen LogP contribution in [0.3, 0.4) is 0 Å². The van der Waals surface area contributed by atoms with Crippen LogP contribution in [0.25, 0.3) is 0 Å². The first kappa shape index (κ1) is 24.9. The molecule has 0 atom stereocenters. The van der Waals surface area contributed by atoms with Crippen molar-refractivity contribution in [3.8, 4) is 0 Å². The summed E-state index contributed by atoms with van der Waals surface area (Å²) in [7, 11) is -3.71. The first-order chi connectivity index (χ1) is 16.7. The molecule has 1 saturated heterocycles. The molecule has 3 aromatic carbocycles. The number of anilines is 2. The monoisotopic (exact) mass is 491 g/mol. The van der Waals surface area contributed by atoms with Crippen LogP contribution in [0.1, 0.15) is 35.1 Å². The van der Waals surface area contributed by atoms with Gasteiger partial charge in [0.05, 0.1) is 4.90 Å². The van der Waals surface area contributed by atoms with Crippen LogP contribution >= 0.6 is 0 Å². The van der Waals surface area contributed by atoms with Gasteiger partial charge in [-0.1, -0.05) is 35.9 Å². The predicted molar refractivity (Wildman–Crippen MR) is 141 cm³/mol. The van der Waals surface area contributed by atoms with Crippen LogP contribution in [0.5, 0.6) is 0 Å². The smallest absolute Gasteiger partial charge is 0.261 e. The van der Waals surface area contributed by atoms with Crippen LogP contribution in [0.4, 0.5) is 11.4 Å². The summed E-state index contributed by atoms with van der Waals surface area (Å²) in [4.78, 5) is 15.3. The van der Waals surface area contributed by atoms with Gasteiger partial charge in [0.2, 0.25) is 5.91 Å². The lowest BCUT2D eigenvalue weighted by Crippen LogP contribution is -2.37. The van der Waals surface area contributed by atoms with E-state index in [9.17, 15) is 13.2 Å². The Morgan fingerprint density at radius 3 is 2.23 bits per heavy atom. The maximum Gasteiger partial charge on any atom is 0.261 e. The Morgan fingerprint density at radius 1 is 0.886 bits per heavy atom. The molecule has 4 rings (SSSR count). The van der Waals surface area contributed by atoms with E-state index in [0.29, 0.717) is 11.4 Å². The van der Waals surface area contributed by atoms with Crippen molar-refractivity contribution in [2.24, 2.45) is 5.92 Å². The Bertz CT molecular complexity index is 1300. The summed E-state index contributed by atoms with van der Waals surface area (Å²) in [5.74, 6) is -0.0531. The van der Waals surface area contributed by atoms with Crippen LogP contribution in [0, 0.1) is 26.7 Å². The zero-order valence-electron chi connectivity index (χ0n) is 20.5. The van der Waals surface area contributed by atoms with Gasteiger partial charge in [-0.25, -0.2) is 8.42 Å². The van der Waals surface area contributed by atoms with Crippen LogP contribution < -0.4 is 10.0 Å². The van der Waals surface area contributed by atoms with Crippen molar-refractivity contribution in [1.29, 1.82) is 0 Å². The fourth-order valence-corrected chi connectivity index (χ4v) is 5.45. The second-order valence-corrected chi connectivity index (χ2v) is 11.1. The van der Waals surface area contributed by atoms with Gasteiger partial charge in [0.1, 0.15) is 0 Å². The quantitative estimate of drug-likeness (QED) is 0.472. The summed E-state index contributed by atoms with van der Waals surface area (Å²) < 4.78 is 28.1. The van der Waals surface area contributed by atoms with Gasteiger partial charge in [-0.05, 0) is 99.8 Å². The molecular weight excluding hydrogens is 458 g/mol. The molecule has 0 bridgehead atoms. The molecular formula is C28H33N3O3S. The number of amides is 1. The summed E-state index contributed by atoms with van der Waals surface area (Å²) in [6, 6.07) is 20.3. The van der Waals surface area contributed by atoms with Crippen molar-refractivity contribution in [2.45, 2.75) is 45.1 Å². The van der Waals surface area contributed by atoms with Gasteiger partial charge in [0.15, 0.2) is 0 Å². The Balaban J connectivity index is 1.30. The highest BCUT2D eigenvalue weighted by Crippen LogP contribution is 2.23. The van der Waals surface area contributed by atoms with Crippen LogP contribution in [-0.4, -0.2) is 32.3 Å². The molecule has 35 heavy (non-hydrogen) atoms. The Kier molecular flexibility index (Phi) is 7.57. The number of nitrogens with one attached hydrogen (secondary N) is 2. The molecule has 1 aliphatic heterocycles. The molecule has 0 saturated carbocycles. The van der Waals surface area contributed by atoms with Crippen molar-refractivity contribution >= 4 is 27.3 Å². The minimum absolute atomic E-state index is 0.0101. The summed E-state index contributed by atoms with van der Waals surface area (Å²) in [6.45, 7) is 8.69. The van der Waals surface area contributed by atoms with Crippen LogP contribution in [-0.2, 0) is 21.4 Å². The van der Waals surface area contributed by atoms with Crippen molar-refractivity contribution in [1.82, 2.24) is 4.90 Å². The third-order valence-corrected chi connectivity index (χ3v) is 8.04. The van der Waals surface area contributed by atoms with E-state index in [1.807, 2.05) is 26.0 Å². The minimum Gasteiger partial charge on any atom is -0.326 e. The Hall–Kier alpha value is -3.16. The maximum atomic E-state index is 12.8. The molecule has 0 radical (unpaired) electrons. The second kappa shape index (κ2) is 10.6. The second-order valence-electron chi connectivity index (χ2n) is 9.46. The summed E-state index contributed by atoms with van der Waals surface area (Å²) >= 11 is 0. The van der Waals surface area contributed by atoms with Gasteiger partial charge in [-0.2, -0.15) is 0 Å². The Labute approximate surface area is 208 Å². The third kappa shape index (κ3) is 6.50. The van der Waals surface area contributed by atoms with Gasteiger partial charge >= 0.3 is 0 Å². The fourth-order valence-electron chi connectivity index (χ4n) is 4.40. The summed E-state index contributed by atoms with van der Waals surface area (Å²) in [6.07, 6.45) is 1.62. The number of nitrogens with zero attached hydrogens (tertiary/aromatic N) is 1. The molecule has 6 nitrogen and oxygen atoms in total. The van der Waals surface area contributed by atoms with E-state index >= 15 is 0 Å². The molecule has 1 amide bonds. The van der Waals surface area contributed by atoms with E-state index in [1.54, 1.807) is 18.2 Å². The molecule has 184 valence electrons.